The molecule has 0 aliphatic heterocycles. The Labute approximate surface area is 110 Å². The van der Waals surface area contributed by atoms with Crippen molar-refractivity contribution in [3.05, 3.63) is 52.4 Å². The SMILES string of the molecule is Clc1ccc(CCNc2cc(Cl)ncn2)cc1. The lowest BCUT2D eigenvalue weighted by Crippen LogP contribution is -2.06. The molecule has 0 spiro atoms. The molecule has 2 rings (SSSR count). The minimum Gasteiger partial charge on any atom is -0.370 e. The van der Waals surface area contributed by atoms with E-state index in [-0.39, 0.29) is 0 Å². The van der Waals surface area contributed by atoms with Gasteiger partial charge in [-0.05, 0) is 24.1 Å². The predicted octanol–water partition coefficient (Wildman–Crippen LogP) is 3.44. The molecule has 3 nitrogen and oxygen atoms in total. The van der Waals surface area contributed by atoms with Gasteiger partial charge in [-0.1, -0.05) is 35.3 Å². The van der Waals surface area contributed by atoms with Crippen LogP contribution in [0.4, 0.5) is 5.82 Å². The summed E-state index contributed by atoms with van der Waals surface area (Å²) in [6.45, 7) is 0.787. The van der Waals surface area contributed by atoms with Crippen molar-refractivity contribution in [2.24, 2.45) is 0 Å². The van der Waals surface area contributed by atoms with E-state index in [2.05, 4.69) is 15.3 Å². The lowest BCUT2D eigenvalue weighted by Gasteiger charge is -2.05. The number of aromatic nitrogens is 2. The Hall–Kier alpha value is -1.32. The summed E-state index contributed by atoms with van der Waals surface area (Å²) in [5.41, 5.74) is 1.22. The van der Waals surface area contributed by atoms with E-state index in [1.54, 1.807) is 6.07 Å². The van der Waals surface area contributed by atoms with Gasteiger partial charge in [-0.2, -0.15) is 0 Å². The Morgan fingerprint density at radius 2 is 1.82 bits per heavy atom. The van der Waals surface area contributed by atoms with Gasteiger partial charge in [0.1, 0.15) is 17.3 Å². The second-order valence-electron chi connectivity index (χ2n) is 3.53. The fraction of sp³-hybridized carbons (Fsp3) is 0.167. The maximum absolute atomic E-state index is 5.81. The number of hydrogen-bond donors (Lipinski definition) is 1. The van der Waals surface area contributed by atoms with Gasteiger partial charge in [-0.15, -0.1) is 0 Å². The van der Waals surface area contributed by atoms with Crippen molar-refractivity contribution in [2.75, 3.05) is 11.9 Å². The maximum Gasteiger partial charge on any atom is 0.134 e. The molecule has 0 amide bonds. The van der Waals surface area contributed by atoms with E-state index in [1.165, 1.54) is 11.9 Å². The molecule has 0 bridgehead atoms. The normalized spacial score (nSPS) is 10.2. The van der Waals surface area contributed by atoms with Gasteiger partial charge < -0.3 is 5.32 Å². The fourth-order valence-electron chi connectivity index (χ4n) is 1.42. The summed E-state index contributed by atoms with van der Waals surface area (Å²) in [6.07, 6.45) is 2.34. The van der Waals surface area contributed by atoms with E-state index in [1.807, 2.05) is 24.3 Å². The minimum atomic E-state index is 0.439. The van der Waals surface area contributed by atoms with E-state index in [4.69, 9.17) is 23.2 Å². The summed E-state index contributed by atoms with van der Waals surface area (Å²) in [5, 5.41) is 4.37. The van der Waals surface area contributed by atoms with Crippen LogP contribution in [-0.2, 0) is 6.42 Å². The predicted molar refractivity (Wildman–Crippen MR) is 70.7 cm³/mol. The molecule has 2 aromatic rings. The summed E-state index contributed by atoms with van der Waals surface area (Å²) in [7, 11) is 0. The number of hydrogen-bond acceptors (Lipinski definition) is 3. The van der Waals surface area contributed by atoms with Gasteiger partial charge in [0.05, 0.1) is 0 Å². The summed E-state index contributed by atoms with van der Waals surface area (Å²) in [4.78, 5) is 7.87. The molecule has 17 heavy (non-hydrogen) atoms. The van der Waals surface area contributed by atoms with Crippen molar-refractivity contribution in [2.45, 2.75) is 6.42 Å². The number of benzene rings is 1. The number of rotatable bonds is 4. The second kappa shape index (κ2) is 5.84. The highest BCUT2D eigenvalue weighted by molar-refractivity contribution is 6.30. The maximum atomic E-state index is 5.81. The van der Waals surface area contributed by atoms with Crippen LogP contribution in [0.5, 0.6) is 0 Å². The molecule has 1 N–H and O–H groups in total. The van der Waals surface area contributed by atoms with Gasteiger partial charge in [0.25, 0.3) is 0 Å². The van der Waals surface area contributed by atoms with E-state index >= 15 is 0 Å². The highest BCUT2D eigenvalue weighted by Crippen LogP contribution is 2.11. The quantitative estimate of drug-likeness (QED) is 0.863. The highest BCUT2D eigenvalue weighted by atomic mass is 35.5. The molecular weight excluding hydrogens is 257 g/mol. The smallest absolute Gasteiger partial charge is 0.134 e. The lowest BCUT2D eigenvalue weighted by atomic mass is 10.1. The Bertz CT molecular complexity index is 485. The summed E-state index contributed by atoms with van der Waals surface area (Å²) in [6, 6.07) is 9.49. The van der Waals surface area contributed by atoms with Crippen molar-refractivity contribution < 1.29 is 0 Å². The zero-order valence-corrected chi connectivity index (χ0v) is 10.5. The molecule has 0 aliphatic rings. The molecule has 0 atom stereocenters. The number of nitrogens with one attached hydrogen (secondary N) is 1. The first-order valence-corrected chi connectivity index (χ1v) is 5.95. The van der Waals surface area contributed by atoms with Gasteiger partial charge in [0, 0.05) is 17.6 Å². The average Bonchev–Trinajstić information content (AvgIpc) is 2.32. The topological polar surface area (TPSA) is 37.8 Å². The van der Waals surface area contributed by atoms with E-state index in [9.17, 15) is 0 Å². The van der Waals surface area contributed by atoms with Crippen molar-refractivity contribution in [1.82, 2.24) is 9.97 Å². The van der Waals surface area contributed by atoms with Gasteiger partial charge >= 0.3 is 0 Å². The van der Waals surface area contributed by atoms with Gasteiger partial charge in [0.15, 0.2) is 0 Å². The van der Waals surface area contributed by atoms with Gasteiger partial charge in [0.2, 0.25) is 0 Å². The third-order valence-electron chi connectivity index (χ3n) is 2.27. The Morgan fingerprint density at radius 1 is 1.06 bits per heavy atom. The molecule has 0 unspecified atom stereocenters. The van der Waals surface area contributed by atoms with Crippen LogP contribution in [0.25, 0.3) is 0 Å². The van der Waals surface area contributed by atoms with E-state index in [0.29, 0.717) is 5.15 Å². The average molecular weight is 268 g/mol. The standard InChI is InChI=1S/C12H11Cl2N3/c13-10-3-1-9(2-4-10)5-6-15-12-7-11(14)16-8-17-12/h1-4,7-8H,5-6H2,(H,15,16,17). The van der Waals surface area contributed by atoms with Gasteiger partial charge in [-0.25, -0.2) is 9.97 Å². The van der Waals surface area contributed by atoms with Crippen molar-refractivity contribution >= 4 is 29.0 Å². The first kappa shape index (κ1) is 12.1. The molecule has 88 valence electrons. The fourth-order valence-corrected chi connectivity index (χ4v) is 1.69. The molecular formula is C12H11Cl2N3. The van der Waals surface area contributed by atoms with Crippen LogP contribution in [0.1, 0.15) is 5.56 Å². The second-order valence-corrected chi connectivity index (χ2v) is 4.35. The molecule has 1 heterocycles. The summed E-state index contributed by atoms with van der Waals surface area (Å²) >= 11 is 11.6. The molecule has 0 saturated heterocycles. The van der Waals surface area contributed by atoms with Gasteiger partial charge in [-0.3, -0.25) is 0 Å². The monoisotopic (exact) mass is 267 g/mol. The summed E-state index contributed by atoms with van der Waals surface area (Å²) < 4.78 is 0. The Balaban J connectivity index is 1.85. The summed E-state index contributed by atoms with van der Waals surface area (Å²) in [5.74, 6) is 0.735. The molecule has 1 aromatic heterocycles. The van der Waals surface area contributed by atoms with Crippen LogP contribution in [0, 0.1) is 0 Å². The molecule has 0 fully saturated rings. The largest absolute Gasteiger partial charge is 0.370 e. The first-order chi connectivity index (χ1) is 8.24. The zero-order chi connectivity index (χ0) is 12.1. The van der Waals surface area contributed by atoms with Crippen molar-refractivity contribution in [3.63, 3.8) is 0 Å². The molecule has 1 aromatic carbocycles. The van der Waals surface area contributed by atoms with Crippen LogP contribution >= 0.6 is 23.2 Å². The molecule has 0 radical (unpaired) electrons. The van der Waals surface area contributed by atoms with E-state index in [0.717, 1.165) is 23.8 Å². The van der Waals surface area contributed by atoms with Crippen LogP contribution in [0.2, 0.25) is 10.2 Å². The van der Waals surface area contributed by atoms with E-state index < -0.39 is 0 Å². The molecule has 5 heteroatoms. The Kier molecular flexibility index (Phi) is 4.18. The number of anilines is 1. The van der Waals surface area contributed by atoms with Crippen LogP contribution in [0.3, 0.4) is 0 Å². The number of halogens is 2. The molecule has 0 aliphatic carbocycles. The zero-order valence-electron chi connectivity index (χ0n) is 9.03. The molecule has 0 saturated carbocycles. The highest BCUT2D eigenvalue weighted by Gasteiger charge is 1.97. The lowest BCUT2D eigenvalue weighted by molar-refractivity contribution is 0.999. The first-order valence-electron chi connectivity index (χ1n) is 5.20. The Morgan fingerprint density at radius 3 is 2.53 bits per heavy atom. The van der Waals surface area contributed by atoms with Crippen LogP contribution in [-0.4, -0.2) is 16.5 Å². The third kappa shape index (κ3) is 3.88. The van der Waals surface area contributed by atoms with Crippen molar-refractivity contribution in [3.8, 4) is 0 Å². The van der Waals surface area contributed by atoms with Crippen molar-refractivity contribution in [1.29, 1.82) is 0 Å². The minimum absolute atomic E-state index is 0.439. The van der Waals surface area contributed by atoms with Crippen LogP contribution in [0.15, 0.2) is 36.7 Å². The third-order valence-corrected chi connectivity index (χ3v) is 2.73. The van der Waals surface area contributed by atoms with Crippen LogP contribution < -0.4 is 5.32 Å². The number of nitrogens with zero attached hydrogens (tertiary/aromatic N) is 2.